The maximum Gasteiger partial charge on any atom is 0.141 e. The molecule has 104 valence electrons. The van der Waals surface area contributed by atoms with Gasteiger partial charge in [-0.05, 0) is 31.4 Å². The third-order valence-electron chi connectivity index (χ3n) is 3.72. The lowest BCUT2D eigenvalue weighted by Gasteiger charge is -2.21. The second-order valence-corrected chi connectivity index (χ2v) is 5.52. The summed E-state index contributed by atoms with van der Waals surface area (Å²) in [5, 5.41) is 0.572. The molecule has 0 bridgehead atoms. The van der Waals surface area contributed by atoms with Crippen molar-refractivity contribution in [3.05, 3.63) is 46.4 Å². The van der Waals surface area contributed by atoms with E-state index < -0.39 is 0 Å². The van der Waals surface area contributed by atoms with Gasteiger partial charge in [-0.25, -0.2) is 9.97 Å². The molecule has 4 heteroatoms. The maximum atomic E-state index is 6.28. The van der Waals surface area contributed by atoms with E-state index in [4.69, 9.17) is 16.6 Å². The molecule has 0 amide bonds. The van der Waals surface area contributed by atoms with Crippen LogP contribution in [0, 0.1) is 6.92 Å². The molecule has 0 unspecified atom stereocenters. The normalized spacial score (nSPS) is 13.7. The number of nitrogens with zero attached hydrogens (tertiary/aromatic N) is 3. The summed E-state index contributed by atoms with van der Waals surface area (Å²) in [5.74, 6) is 1.79. The summed E-state index contributed by atoms with van der Waals surface area (Å²) >= 11 is 6.28. The molecule has 20 heavy (non-hydrogen) atoms. The zero-order valence-corrected chi connectivity index (χ0v) is 12.6. The molecule has 1 aromatic heterocycles. The standard InChI is InChI=1S/C16H18ClN3/c1-3-6-14-18-15(17)11(2)16(19-14)20-10-9-12-7-4-5-8-13(12)20/h4-5,7-8H,3,6,9-10H2,1-2H3. The van der Waals surface area contributed by atoms with E-state index in [0.717, 1.165) is 43.0 Å². The third-order valence-corrected chi connectivity index (χ3v) is 4.09. The van der Waals surface area contributed by atoms with E-state index >= 15 is 0 Å². The molecule has 1 aromatic carbocycles. The molecule has 3 nitrogen and oxygen atoms in total. The monoisotopic (exact) mass is 287 g/mol. The van der Waals surface area contributed by atoms with Gasteiger partial charge in [-0.1, -0.05) is 36.7 Å². The van der Waals surface area contributed by atoms with E-state index in [0.29, 0.717) is 5.15 Å². The topological polar surface area (TPSA) is 29.0 Å². The lowest BCUT2D eigenvalue weighted by molar-refractivity contribution is 0.821. The predicted molar refractivity (Wildman–Crippen MR) is 82.9 cm³/mol. The van der Waals surface area contributed by atoms with Crippen LogP contribution in [0.2, 0.25) is 5.15 Å². The van der Waals surface area contributed by atoms with Gasteiger partial charge in [0.25, 0.3) is 0 Å². The first-order valence-corrected chi connectivity index (χ1v) is 7.47. The molecule has 0 spiro atoms. The van der Waals surface area contributed by atoms with E-state index in [1.165, 1.54) is 11.3 Å². The number of para-hydroxylation sites is 1. The van der Waals surface area contributed by atoms with Crippen molar-refractivity contribution in [2.75, 3.05) is 11.4 Å². The van der Waals surface area contributed by atoms with Crippen molar-refractivity contribution in [1.29, 1.82) is 0 Å². The lowest BCUT2D eigenvalue weighted by atomic mass is 10.2. The van der Waals surface area contributed by atoms with Gasteiger partial charge in [0.15, 0.2) is 0 Å². The Labute approximate surface area is 124 Å². The fourth-order valence-corrected chi connectivity index (χ4v) is 2.86. The summed E-state index contributed by atoms with van der Waals surface area (Å²) in [5.41, 5.74) is 3.58. The van der Waals surface area contributed by atoms with Crippen molar-refractivity contribution in [1.82, 2.24) is 9.97 Å². The van der Waals surface area contributed by atoms with Crippen LogP contribution < -0.4 is 4.90 Å². The van der Waals surface area contributed by atoms with Crippen LogP contribution in [0.3, 0.4) is 0 Å². The highest BCUT2D eigenvalue weighted by Gasteiger charge is 2.23. The van der Waals surface area contributed by atoms with Crippen LogP contribution in [0.1, 0.15) is 30.3 Å². The van der Waals surface area contributed by atoms with Gasteiger partial charge in [0.1, 0.15) is 16.8 Å². The van der Waals surface area contributed by atoms with E-state index in [-0.39, 0.29) is 0 Å². The van der Waals surface area contributed by atoms with Crippen LogP contribution in [0.4, 0.5) is 11.5 Å². The minimum absolute atomic E-state index is 0.572. The highest BCUT2D eigenvalue weighted by molar-refractivity contribution is 6.30. The number of halogens is 1. The van der Waals surface area contributed by atoms with E-state index in [9.17, 15) is 0 Å². The molecule has 0 saturated heterocycles. The first-order valence-electron chi connectivity index (χ1n) is 7.09. The van der Waals surface area contributed by atoms with Crippen molar-refractivity contribution >= 4 is 23.1 Å². The Hall–Kier alpha value is -1.61. The average Bonchev–Trinajstić information content (AvgIpc) is 2.87. The number of aryl methyl sites for hydroxylation is 1. The van der Waals surface area contributed by atoms with E-state index in [1.54, 1.807) is 0 Å². The molecular weight excluding hydrogens is 270 g/mol. The minimum atomic E-state index is 0.572. The van der Waals surface area contributed by atoms with E-state index in [2.05, 4.69) is 41.1 Å². The molecule has 0 fully saturated rings. The number of rotatable bonds is 3. The summed E-state index contributed by atoms with van der Waals surface area (Å²) in [6.07, 6.45) is 2.94. The van der Waals surface area contributed by atoms with Gasteiger partial charge in [-0.15, -0.1) is 0 Å². The Kier molecular flexibility index (Phi) is 3.62. The second kappa shape index (κ2) is 5.41. The summed E-state index contributed by atoms with van der Waals surface area (Å²) in [7, 11) is 0. The van der Waals surface area contributed by atoms with Gasteiger partial charge < -0.3 is 4.90 Å². The Bertz CT molecular complexity index is 640. The van der Waals surface area contributed by atoms with Crippen LogP contribution in [0.5, 0.6) is 0 Å². The largest absolute Gasteiger partial charge is 0.325 e. The molecule has 1 aliphatic heterocycles. The van der Waals surface area contributed by atoms with Crippen molar-refractivity contribution in [2.45, 2.75) is 33.1 Å². The zero-order valence-electron chi connectivity index (χ0n) is 11.9. The summed E-state index contributed by atoms with van der Waals surface area (Å²) in [6, 6.07) is 8.49. The summed E-state index contributed by atoms with van der Waals surface area (Å²) in [4.78, 5) is 11.4. The SMILES string of the molecule is CCCc1nc(Cl)c(C)c(N2CCc3ccccc32)n1. The number of benzene rings is 1. The molecule has 2 aromatic rings. The van der Waals surface area contributed by atoms with Crippen LogP contribution in [-0.2, 0) is 12.8 Å². The third kappa shape index (κ3) is 2.27. The van der Waals surface area contributed by atoms with Crippen LogP contribution in [-0.4, -0.2) is 16.5 Å². The fourth-order valence-electron chi connectivity index (χ4n) is 2.68. The number of anilines is 2. The molecule has 0 radical (unpaired) electrons. The molecule has 0 N–H and O–H groups in total. The van der Waals surface area contributed by atoms with Crippen molar-refractivity contribution in [3.63, 3.8) is 0 Å². The average molecular weight is 288 g/mol. The zero-order chi connectivity index (χ0) is 14.1. The number of fused-ring (bicyclic) bond motifs is 1. The van der Waals surface area contributed by atoms with Crippen LogP contribution in [0.15, 0.2) is 24.3 Å². The Morgan fingerprint density at radius 2 is 2.05 bits per heavy atom. The number of hydrogen-bond acceptors (Lipinski definition) is 3. The molecule has 2 heterocycles. The molecule has 1 aliphatic rings. The van der Waals surface area contributed by atoms with Gasteiger partial charge in [0.2, 0.25) is 0 Å². The predicted octanol–water partition coefficient (Wildman–Crippen LogP) is 4.09. The maximum absolute atomic E-state index is 6.28. The minimum Gasteiger partial charge on any atom is -0.325 e. The molecule has 0 saturated carbocycles. The van der Waals surface area contributed by atoms with E-state index in [1.807, 2.05) is 6.92 Å². The van der Waals surface area contributed by atoms with Gasteiger partial charge >= 0.3 is 0 Å². The highest BCUT2D eigenvalue weighted by Crippen LogP contribution is 2.36. The van der Waals surface area contributed by atoms with Gasteiger partial charge in [-0.2, -0.15) is 0 Å². The van der Waals surface area contributed by atoms with Crippen LogP contribution in [0.25, 0.3) is 0 Å². The van der Waals surface area contributed by atoms with Crippen LogP contribution >= 0.6 is 11.6 Å². The van der Waals surface area contributed by atoms with Crippen molar-refractivity contribution < 1.29 is 0 Å². The van der Waals surface area contributed by atoms with Crippen molar-refractivity contribution in [2.24, 2.45) is 0 Å². The second-order valence-electron chi connectivity index (χ2n) is 5.16. The molecule has 3 rings (SSSR count). The van der Waals surface area contributed by atoms with Gasteiger partial charge in [0, 0.05) is 24.2 Å². The number of aromatic nitrogens is 2. The highest BCUT2D eigenvalue weighted by atomic mass is 35.5. The molecular formula is C16H18ClN3. The van der Waals surface area contributed by atoms with Gasteiger partial charge in [0.05, 0.1) is 0 Å². The number of hydrogen-bond donors (Lipinski definition) is 0. The smallest absolute Gasteiger partial charge is 0.141 e. The fraction of sp³-hybridized carbons (Fsp3) is 0.375. The first-order chi connectivity index (χ1) is 9.70. The first kappa shape index (κ1) is 13.4. The Balaban J connectivity index is 2.07. The Morgan fingerprint density at radius 3 is 2.85 bits per heavy atom. The molecule has 0 aliphatic carbocycles. The Morgan fingerprint density at radius 1 is 1.25 bits per heavy atom. The summed E-state index contributed by atoms with van der Waals surface area (Å²) < 4.78 is 0. The molecule has 0 atom stereocenters. The van der Waals surface area contributed by atoms with Crippen molar-refractivity contribution in [3.8, 4) is 0 Å². The quantitative estimate of drug-likeness (QED) is 0.796. The van der Waals surface area contributed by atoms with Gasteiger partial charge in [-0.3, -0.25) is 0 Å². The lowest BCUT2D eigenvalue weighted by Crippen LogP contribution is -2.18. The summed E-state index contributed by atoms with van der Waals surface area (Å²) in [6.45, 7) is 5.08.